The Morgan fingerprint density at radius 3 is 2.52 bits per heavy atom. The number of benzene rings is 1. The molecular formula is C19H31NO. The summed E-state index contributed by atoms with van der Waals surface area (Å²) in [5, 5.41) is 0. The molecule has 1 aromatic carbocycles. The molecule has 0 radical (unpaired) electrons. The van der Waals surface area contributed by atoms with Crippen molar-refractivity contribution in [1.29, 1.82) is 0 Å². The predicted molar refractivity (Wildman–Crippen MR) is 92.3 cm³/mol. The second kappa shape index (κ2) is 12.6. The highest BCUT2D eigenvalue weighted by Crippen LogP contribution is 2.09. The van der Waals surface area contributed by atoms with E-state index >= 15 is 0 Å². The standard InChI is InChI=1S/C19H31NO/c1-3-5-7-13-19(20-16-10-17-21-4-2)15-14-18-11-8-6-9-12-18/h6,8-9,11-12H,3-5,7,10,13-17H2,1-2H3. The van der Waals surface area contributed by atoms with Gasteiger partial charge in [0.15, 0.2) is 0 Å². The van der Waals surface area contributed by atoms with Crippen LogP contribution in [0, 0.1) is 0 Å². The van der Waals surface area contributed by atoms with Crippen molar-refractivity contribution in [2.75, 3.05) is 19.8 Å². The van der Waals surface area contributed by atoms with Gasteiger partial charge in [-0.2, -0.15) is 0 Å². The van der Waals surface area contributed by atoms with E-state index in [1.54, 1.807) is 0 Å². The summed E-state index contributed by atoms with van der Waals surface area (Å²) in [6, 6.07) is 10.7. The van der Waals surface area contributed by atoms with E-state index in [1.165, 1.54) is 30.5 Å². The Bertz CT molecular complexity index is 372. The first kappa shape index (κ1) is 17.9. The SMILES string of the molecule is CCCCCC(CCc1ccccc1)=NCCCOCC. The number of aliphatic imine (C=N–C) groups is 1. The number of unbranched alkanes of at least 4 members (excludes halogenated alkanes) is 2. The van der Waals surface area contributed by atoms with Crippen LogP contribution in [0.1, 0.15) is 57.9 Å². The van der Waals surface area contributed by atoms with Crippen molar-refractivity contribution in [3.63, 3.8) is 0 Å². The maximum Gasteiger partial charge on any atom is 0.0483 e. The van der Waals surface area contributed by atoms with Crippen molar-refractivity contribution in [3.05, 3.63) is 35.9 Å². The van der Waals surface area contributed by atoms with Gasteiger partial charge in [0.1, 0.15) is 0 Å². The molecule has 0 aromatic heterocycles. The van der Waals surface area contributed by atoms with E-state index in [0.29, 0.717) is 0 Å². The van der Waals surface area contributed by atoms with E-state index in [4.69, 9.17) is 9.73 Å². The minimum atomic E-state index is 0.807. The van der Waals surface area contributed by atoms with Gasteiger partial charge in [0, 0.05) is 25.5 Å². The second-order valence-corrected chi connectivity index (χ2v) is 5.44. The first-order chi connectivity index (χ1) is 10.4. The molecule has 0 N–H and O–H groups in total. The Balaban J connectivity index is 2.37. The van der Waals surface area contributed by atoms with Crippen LogP contribution in [0.15, 0.2) is 35.3 Å². The summed E-state index contributed by atoms with van der Waals surface area (Å²) in [6.07, 6.45) is 8.26. The van der Waals surface area contributed by atoms with Crippen LogP contribution in [-0.2, 0) is 11.2 Å². The van der Waals surface area contributed by atoms with E-state index in [1.807, 2.05) is 6.92 Å². The molecule has 0 spiro atoms. The molecule has 0 heterocycles. The summed E-state index contributed by atoms with van der Waals surface area (Å²) in [5.74, 6) is 0. The first-order valence-corrected chi connectivity index (χ1v) is 8.50. The quantitative estimate of drug-likeness (QED) is 0.389. The molecule has 1 aromatic rings. The van der Waals surface area contributed by atoms with E-state index in [-0.39, 0.29) is 0 Å². The zero-order valence-electron chi connectivity index (χ0n) is 13.8. The highest BCUT2D eigenvalue weighted by atomic mass is 16.5. The van der Waals surface area contributed by atoms with Crippen molar-refractivity contribution >= 4 is 5.71 Å². The lowest BCUT2D eigenvalue weighted by molar-refractivity contribution is 0.146. The summed E-state index contributed by atoms with van der Waals surface area (Å²) in [6.45, 7) is 6.85. The molecule has 0 atom stereocenters. The summed E-state index contributed by atoms with van der Waals surface area (Å²) in [4.78, 5) is 4.82. The topological polar surface area (TPSA) is 21.6 Å². The minimum absolute atomic E-state index is 0.807. The Labute approximate surface area is 130 Å². The van der Waals surface area contributed by atoms with Crippen LogP contribution in [0.4, 0.5) is 0 Å². The second-order valence-electron chi connectivity index (χ2n) is 5.44. The number of hydrogen-bond donors (Lipinski definition) is 0. The number of ether oxygens (including phenoxy) is 1. The lowest BCUT2D eigenvalue weighted by Gasteiger charge is -2.07. The van der Waals surface area contributed by atoms with E-state index in [0.717, 1.165) is 45.4 Å². The smallest absolute Gasteiger partial charge is 0.0483 e. The normalized spacial score (nSPS) is 11.8. The highest BCUT2D eigenvalue weighted by Gasteiger charge is 2.01. The van der Waals surface area contributed by atoms with Gasteiger partial charge in [0.2, 0.25) is 0 Å². The minimum Gasteiger partial charge on any atom is -0.382 e. The van der Waals surface area contributed by atoms with E-state index in [2.05, 4.69) is 37.3 Å². The molecule has 0 aliphatic carbocycles. The zero-order valence-corrected chi connectivity index (χ0v) is 13.8. The molecule has 0 saturated heterocycles. The van der Waals surface area contributed by atoms with Gasteiger partial charge in [-0.1, -0.05) is 50.1 Å². The number of rotatable bonds is 12. The number of hydrogen-bond acceptors (Lipinski definition) is 2. The molecule has 0 bridgehead atoms. The van der Waals surface area contributed by atoms with Crippen LogP contribution in [-0.4, -0.2) is 25.5 Å². The van der Waals surface area contributed by atoms with Crippen LogP contribution in [0.25, 0.3) is 0 Å². The molecule has 21 heavy (non-hydrogen) atoms. The third-order valence-corrected chi connectivity index (χ3v) is 3.60. The van der Waals surface area contributed by atoms with Gasteiger partial charge in [-0.25, -0.2) is 0 Å². The van der Waals surface area contributed by atoms with Crippen molar-refractivity contribution in [2.24, 2.45) is 4.99 Å². The molecule has 0 aliphatic rings. The fourth-order valence-corrected chi connectivity index (χ4v) is 2.34. The molecule has 1 rings (SSSR count). The van der Waals surface area contributed by atoms with Crippen LogP contribution < -0.4 is 0 Å². The fraction of sp³-hybridized carbons (Fsp3) is 0.632. The fourth-order valence-electron chi connectivity index (χ4n) is 2.34. The van der Waals surface area contributed by atoms with Crippen LogP contribution in [0.3, 0.4) is 0 Å². The van der Waals surface area contributed by atoms with Gasteiger partial charge in [-0.05, 0) is 44.6 Å². The summed E-state index contributed by atoms with van der Waals surface area (Å²) in [5.41, 5.74) is 2.80. The molecule has 0 amide bonds. The molecule has 0 unspecified atom stereocenters. The van der Waals surface area contributed by atoms with Gasteiger partial charge in [0.25, 0.3) is 0 Å². The summed E-state index contributed by atoms with van der Waals surface area (Å²) < 4.78 is 5.37. The average molecular weight is 289 g/mol. The Kier molecular flexibility index (Phi) is 10.7. The van der Waals surface area contributed by atoms with Crippen molar-refractivity contribution in [2.45, 2.75) is 58.8 Å². The van der Waals surface area contributed by atoms with E-state index < -0.39 is 0 Å². The lowest BCUT2D eigenvalue weighted by atomic mass is 10.0. The largest absolute Gasteiger partial charge is 0.382 e. The van der Waals surface area contributed by atoms with Gasteiger partial charge in [-0.3, -0.25) is 4.99 Å². The maximum atomic E-state index is 5.37. The zero-order chi connectivity index (χ0) is 15.2. The Morgan fingerprint density at radius 1 is 1.00 bits per heavy atom. The third kappa shape index (κ3) is 9.41. The van der Waals surface area contributed by atoms with E-state index in [9.17, 15) is 0 Å². The van der Waals surface area contributed by atoms with Crippen molar-refractivity contribution in [1.82, 2.24) is 0 Å². The van der Waals surface area contributed by atoms with Gasteiger partial charge >= 0.3 is 0 Å². The van der Waals surface area contributed by atoms with Crippen molar-refractivity contribution in [3.8, 4) is 0 Å². The van der Waals surface area contributed by atoms with Crippen LogP contribution >= 0.6 is 0 Å². The number of nitrogens with zero attached hydrogens (tertiary/aromatic N) is 1. The molecule has 0 fully saturated rings. The number of aryl methyl sites for hydroxylation is 1. The summed E-state index contributed by atoms with van der Waals surface area (Å²) >= 11 is 0. The Morgan fingerprint density at radius 2 is 1.81 bits per heavy atom. The molecule has 2 heteroatoms. The highest BCUT2D eigenvalue weighted by molar-refractivity contribution is 5.84. The lowest BCUT2D eigenvalue weighted by Crippen LogP contribution is -2.04. The summed E-state index contributed by atoms with van der Waals surface area (Å²) in [7, 11) is 0. The Hall–Kier alpha value is -1.15. The monoisotopic (exact) mass is 289 g/mol. The average Bonchev–Trinajstić information content (AvgIpc) is 2.53. The van der Waals surface area contributed by atoms with Crippen LogP contribution in [0.5, 0.6) is 0 Å². The maximum absolute atomic E-state index is 5.37. The third-order valence-electron chi connectivity index (χ3n) is 3.60. The predicted octanol–water partition coefficient (Wildman–Crippen LogP) is 5.07. The molecule has 2 nitrogen and oxygen atoms in total. The van der Waals surface area contributed by atoms with Gasteiger partial charge < -0.3 is 4.74 Å². The molecule has 118 valence electrons. The molecular weight excluding hydrogens is 258 g/mol. The van der Waals surface area contributed by atoms with Gasteiger partial charge in [0.05, 0.1) is 0 Å². The van der Waals surface area contributed by atoms with Gasteiger partial charge in [-0.15, -0.1) is 0 Å². The van der Waals surface area contributed by atoms with Crippen molar-refractivity contribution < 1.29 is 4.74 Å². The molecule has 0 saturated carbocycles. The van der Waals surface area contributed by atoms with Crippen LogP contribution in [0.2, 0.25) is 0 Å². The molecule has 0 aliphatic heterocycles. The first-order valence-electron chi connectivity index (χ1n) is 8.50.